The van der Waals surface area contributed by atoms with Crippen molar-refractivity contribution in [1.82, 2.24) is 9.78 Å². The highest BCUT2D eigenvalue weighted by Crippen LogP contribution is 2.50. The Labute approximate surface area is 162 Å². The molecule has 3 aliphatic heterocycles. The Hall–Kier alpha value is -2.18. The summed E-state index contributed by atoms with van der Waals surface area (Å²) >= 11 is 6.28. The van der Waals surface area contributed by atoms with Crippen LogP contribution in [0.4, 0.5) is 5.69 Å². The number of nitrogens with zero attached hydrogens (tertiary/aromatic N) is 3. The van der Waals surface area contributed by atoms with E-state index in [1.54, 1.807) is 0 Å². The molecule has 5 rings (SSSR count). The molecule has 2 amide bonds. The zero-order valence-electron chi connectivity index (χ0n) is 15.2. The van der Waals surface area contributed by atoms with Crippen LogP contribution in [0.25, 0.3) is 0 Å². The van der Waals surface area contributed by atoms with Crippen molar-refractivity contribution in [2.75, 3.05) is 4.90 Å². The van der Waals surface area contributed by atoms with Crippen molar-refractivity contribution in [3.63, 3.8) is 0 Å². The topological polar surface area (TPSA) is 64.4 Å². The quantitative estimate of drug-likeness (QED) is 0.762. The van der Waals surface area contributed by atoms with Gasteiger partial charge < -0.3 is 4.74 Å². The van der Waals surface area contributed by atoms with Crippen molar-refractivity contribution in [2.45, 2.75) is 45.4 Å². The van der Waals surface area contributed by atoms with E-state index in [4.69, 9.17) is 16.3 Å². The summed E-state index contributed by atoms with van der Waals surface area (Å²) in [5, 5.41) is 5.26. The number of amides is 2. The molecule has 0 spiro atoms. The number of carbonyl (C=O) groups excluding carboxylic acids is 2. The number of ether oxygens (including phenoxy) is 1. The van der Waals surface area contributed by atoms with Crippen LogP contribution in [0.3, 0.4) is 0 Å². The maximum absolute atomic E-state index is 13.1. The maximum Gasteiger partial charge on any atom is 0.240 e. The van der Waals surface area contributed by atoms with Gasteiger partial charge in [0.05, 0.1) is 47.7 Å². The lowest BCUT2D eigenvalue weighted by Crippen LogP contribution is -2.35. The molecule has 2 aromatic rings. The molecule has 3 aliphatic rings. The molecule has 0 unspecified atom stereocenters. The highest BCUT2D eigenvalue weighted by molar-refractivity contribution is 6.31. The number of rotatable bonds is 3. The van der Waals surface area contributed by atoms with Gasteiger partial charge in [-0.15, -0.1) is 0 Å². The summed E-state index contributed by atoms with van der Waals surface area (Å²) in [5.74, 6) is -0.940. The van der Waals surface area contributed by atoms with E-state index in [0.717, 1.165) is 24.1 Å². The zero-order chi connectivity index (χ0) is 18.9. The summed E-state index contributed by atoms with van der Waals surface area (Å²) < 4.78 is 7.63. The molecular weight excluding hydrogens is 366 g/mol. The van der Waals surface area contributed by atoms with Gasteiger partial charge in [0.25, 0.3) is 0 Å². The van der Waals surface area contributed by atoms with Crippen LogP contribution in [-0.4, -0.2) is 33.8 Å². The second-order valence-electron chi connectivity index (χ2n) is 7.62. The summed E-state index contributed by atoms with van der Waals surface area (Å²) in [6.45, 7) is 4.22. The molecule has 3 fully saturated rings. The molecule has 2 bridgehead atoms. The van der Waals surface area contributed by atoms with Crippen molar-refractivity contribution < 1.29 is 14.3 Å². The fraction of sp³-hybridized carbons (Fsp3) is 0.450. The van der Waals surface area contributed by atoms with E-state index < -0.39 is 0 Å². The van der Waals surface area contributed by atoms with Gasteiger partial charge in [0.15, 0.2) is 0 Å². The van der Waals surface area contributed by atoms with Crippen LogP contribution in [0.1, 0.15) is 29.8 Å². The number of anilines is 1. The summed E-state index contributed by atoms with van der Waals surface area (Å²) in [4.78, 5) is 27.5. The van der Waals surface area contributed by atoms with Crippen LogP contribution in [0.15, 0.2) is 24.3 Å². The van der Waals surface area contributed by atoms with Gasteiger partial charge in [-0.2, -0.15) is 5.10 Å². The summed E-state index contributed by atoms with van der Waals surface area (Å²) in [6, 6.07) is 7.60. The number of benzene rings is 1. The molecule has 0 N–H and O–H groups in total. The molecule has 6 nitrogen and oxygen atoms in total. The van der Waals surface area contributed by atoms with Crippen LogP contribution in [-0.2, 0) is 20.9 Å². The zero-order valence-corrected chi connectivity index (χ0v) is 15.9. The van der Waals surface area contributed by atoms with Crippen molar-refractivity contribution in [2.24, 2.45) is 11.8 Å². The Morgan fingerprint density at radius 3 is 2.37 bits per heavy atom. The third-order valence-corrected chi connectivity index (χ3v) is 6.50. The standard InChI is InChI=1S/C20H20ClN3O3/c1-10-18(11(2)23(22-10)9-12-5-3-4-6-13(12)21)24-19(25)16-14-7-8-15(27-14)17(16)20(24)26/h3-6,14-17H,7-9H2,1-2H3/t14-,15-,16-,17-/m1/s1. The SMILES string of the molecule is Cc1nn(Cc2ccccc2Cl)c(C)c1N1C(=O)[C@H]2[C@H](C1=O)[C@H]1CC[C@H]2O1. The van der Waals surface area contributed by atoms with E-state index in [1.165, 1.54) is 4.90 Å². The molecule has 1 aromatic heterocycles. The van der Waals surface area contributed by atoms with E-state index in [9.17, 15) is 9.59 Å². The van der Waals surface area contributed by atoms with E-state index in [-0.39, 0.29) is 35.9 Å². The summed E-state index contributed by atoms with van der Waals surface area (Å²) in [7, 11) is 0. The molecule has 7 heteroatoms. The first-order valence-corrected chi connectivity index (χ1v) is 9.66. The molecule has 140 valence electrons. The van der Waals surface area contributed by atoms with Gasteiger partial charge >= 0.3 is 0 Å². The molecule has 1 aromatic carbocycles. The number of imide groups is 1. The first-order chi connectivity index (χ1) is 13.0. The lowest BCUT2D eigenvalue weighted by molar-refractivity contribution is -0.124. The van der Waals surface area contributed by atoms with Crippen molar-refractivity contribution in [3.05, 3.63) is 46.2 Å². The van der Waals surface area contributed by atoms with E-state index >= 15 is 0 Å². The third-order valence-electron chi connectivity index (χ3n) is 6.13. The van der Waals surface area contributed by atoms with E-state index in [0.29, 0.717) is 22.9 Å². The van der Waals surface area contributed by atoms with E-state index in [1.807, 2.05) is 42.8 Å². The Kier molecular flexibility index (Phi) is 3.71. The average molecular weight is 386 g/mol. The molecule has 0 saturated carbocycles. The number of fused-ring (bicyclic) bond motifs is 5. The molecular formula is C20H20ClN3O3. The number of carbonyl (C=O) groups is 2. The third kappa shape index (κ3) is 2.33. The highest BCUT2D eigenvalue weighted by Gasteiger charge is 2.63. The normalized spacial score (nSPS) is 29.1. The van der Waals surface area contributed by atoms with E-state index in [2.05, 4.69) is 5.10 Å². The number of halogens is 1. The molecule has 4 atom stereocenters. The average Bonchev–Trinajstić information content (AvgIpc) is 3.37. The first kappa shape index (κ1) is 17.0. The minimum Gasteiger partial charge on any atom is -0.373 e. The predicted octanol–water partition coefficient (Wildman–Crippen LogP) is 2.87. The molecule has 3 saturated heterocycles. The second-order valence-corrected chi connectivity index (χ2v) is 8.03. The first-order valence-electron chi connectivity index (χ1n) is 9.28. The summed E-state index contributed by atoms with van der Waals surface area (Å²) in [6.07, 6.45) is 1.51. The number of aryl methyl sites for hydroxylation is 1. The highest BCUT2D eigenvalue weighted by atomic mass is 35.5. The number of aromatic nitrogens is 2. The van der Waals surface area contributed by atoms with Crippen LogP contribution in [0, 0.1) is 25.7 Å². The predicted molar refractivity (Wildman–Crippen MR) is 99.6 cm³/mol. The van der Waals surface area contributed by atoms with Gasteiger partial charge in [-0.05, 0) is 38.3 Å². The van der Waals surface area contributed by atoms with Gasteiger partial charge in [0.1, 0.15) is 0 Å². The van der Waals surface area contributed by atoms with Gasteiger partial charge in [0.2, 0.25) is 11.8 Å². The maximum atomic E-state index is 13.1. The van der Waals surface area contributed by atoms with Gasteiger partial charge in [-0.1, -0.05) is 29.8 Å². The van der Waals surface area contributed by atoms with Crippen molar-refractivity contribution >= 4 is 29.1 Å². The van der Waals surface area contributed by atoms with Crippen LogP contribution < -0.4 is 4.90 Å². The van der Waals surface area contributed by atoms with Gasteiger partial charge in [-0.3, -0.25) is 14.3 Å². The minimum absolute atomic E-state index is 0.111. The smallest absolute Gasteiger partial charge is 0.240 e. The number of hydrogen-bond acceptors (Lipinski definition) is 4. The fourth-order valence-corrected chi connectivity index (χ4v) is 5.08. The Morgan fingerprint density at radius 1 is 1.11 bits per heavy atom. The van der Waals surface area contributed by atoms with Crippen LogP contribution in [0.2, 0.25) is 5.02 Å². The molecule has 0 radical (unpaired) electrons. The molecule has 27 heavy (non-hydrogen) atoms. The van der Waals surface area contributed by atoms with Crippen molar-refractivity contribution in [3.8, 4) is 0 Å². The lowest BCUT2D eigenvalue weighted by atomic mass is 9.81. The van der Waals surface area contributed by atoms with Gasteiger partial charge in [-0.25, -0.2) is 4.90 Å². The Bertz CT molecular complexity index is 941. The van der Waals surface area contributed by atoms with Gasteiger partial charge in [0, 0.05) is 5.02 Å². The fourth-order valence-electron chi connectivity index (χ4n) is 4.89. The monoisotopic (exact) mass is 385 g/mol. The van der Waals surface area contributed by atoms with Crippen LogP contribution in [0.5, 0.6) is 0 Å². The summed E-state index contributed by atoms with van der Waals surface area (Å²) in [5.41, 5.74) is 3.03. The Balaban J connectivity index is 1.51. The second kappa shape index (κ2) is 5.91. The largest absolute Gasteiger partial charge is 0.373 e. The van der Waals surface area contributed by atoms with Crippen LogP contribution >= 0.6 is 11.6 Å². The molecule has 0 aliphatic carbocycles. The minimum atomic E-state index is -0.332. The number of hydrogen-bond donors (Lipinski definition) is 0. The van der Waals surface area contributed by atoms with Crippen molar-refractivity contribution in [1.29, 1.82) is 0 Å². The molecule has 4 heterocycles. The lowest BCUT2D eigenvalue weighted by Gasteiger charge is -2.18. The Morgan fingerprint density at radius 2 is 1.74 bits per heavy atom.